The average Bonchev–Trinajstić information content (AvgIpc) is 2.87. The first-order valence-electron chi connectivity index (χ1n) is 6.88. The van der Waals surface area contributed by atoms with Crippen molar-refractivity contribution in [3.8, 4) is 0 Å². The maximum atomic E-state index is 11.9. The molecule has 1 heterocycles. The molecule has 1 amide bonds. The van der Waals surface area contributed by atoms with Gasteiger partial charge in [-0.2, -0.15) is 0 Å². The minimum Gasteiger partial charge on any atom is -0.380 e. The molecule has 0 saturated carbocycles. The molecule has 0 aliphatic carbocycles. The largest absolute Gasteiger partial charge is 0.380 e. The monoisotopic (exact) mass is 275 g/mol. The van der Waals surface area contributed by atoms with Gasteiger partial charge in [0.15, 0.2) is 0 Å². The van der Waals surface area contributed by atoms with Gasteiger partial charge in [0.1, 0.15) is 0 Å². The molecule has 1 atom stereocenters. The normalized spacial score (nSPS) is 12.5. The van der Waals surface area contributed by atoms with Crippen molar-refractivity contribution in [1.82, 2.24) is 10.3 Å². The van der Waals surface area contributed by atoms with Gasteiger partial charge < -0.3 is 20.8 Å². The number of rotatable bonds is 7. The third-order valence-corrected chi connectivity index (χ3v) is 3.20. The van der Waals surface area contributed by atoms with Crippen LogP contribution in [0.2, 0.25) is 0 Å². The number of aromatic amines is 1. The summed E-state index contributed by atoms with van der Waals surface area (Å²) in [7, 11) is 0. The zero-order chi connectivity index (χ0) is 14.4. The van der Waals surface area contributed by atoms with E-state index in [2.05, 4.69) is 10.3 Å². The van der Waals surface area contributed by atoms with E-state index in [1.54, 1.807) is 0 Å². The van der Waals surface area contributed by atoms with Crippen LogP contribution in [0.25, 0.3) is 10.9 Å². The third kappa shape index (κ3) is 3.59. The lowest BCUT2D eigenvalue weighted by atomic mass is 10.1. The van der Waals surface area contributed by atoms with E-state index < -0.39 is 6.04 Å². The highest BCUT2D eigenvalue weighted by molar-refractivity contribution is 5.86. The summed E-state index contributed by atoms with van der Waals surface area (Å²) in [5, 5.41) is 3.89. The minimum absolute atomic E-state index is 0.144. The van der Waals surface area contributed by atoms with E-state index in [0.717, 1.165) is 16.5 Å². The summed E-state index contributed by atoms with van der Waals surface area (Å²) in [6.07, 6.45) is 2.43. The molecule has 0 aliphatic heterocycles. The number of para-hydroxylation sites is 1. The second kappa shape index (κ2) is 7.07. The zero-order valence-electron chi connectivity index (χ0n) is 11.7. The number of ether oxygens (including phenoxy) is 1. The summed E-state index contributed by atoms with van der Waals surface area (Å²) >= 11 is 0. The van der Waals surface area contributed by atoms with E-state index >= 15 is 0 Å². The van der Waals surface area contributed by atoms with Crippen LogP contribution >= 0.6 is 0 Å². The molecule has 1 aromatic heterocycles. The molecule has 1 aromatic carbocycles. The molecule has 20 heavy (non-hydrogen) atoms. The molecule has 0 unspecified atom stereocenters. The van der Waals surface area contributed by atoms with Crippen molar-refractivity contribution in [2.45, 2.75) is 19.4 Å². The predicted molar refractivity (Wildman–Crippen MR) is 79.5 cm³/mol. The van der Waals surface area contributed by atoms with Crippen molar-refractivity contribution in [2.75, 3.05) is 19.8 Å². The minimum atomic E-state index is -0.546. The standard InChI is InChI=1S/C15H21N3O2/c1-2-20-8-7-17-15(19)13(16)9-11-10-18-14-6-4-3-5-12(11)14/h3-6,10,13,18H,2,7-9,16H2,1H3,(H,17,19)/t13-/m1/s1. The lowest BCUT2D eigenvalue weighted by Crippen LogP contribution is -2.43. The molecule has 108 valence electrons. The Kier molecular flexibility index (Phi) is 5.15. The Morgan fingerprint density at radius 3 is 3.05 bits per heavy atom. The number of nitrogens with two attached hydrogens (primary N) is 1. The van der Waals surface area contributed by atoms with E-state index in [-0.39, 0.29) is 5.91 Å². The van der Waals surface area contributed by atoms with Gasteiger partial charge in [-0.3, -0.25) is 4.79 Å². The Balaban J connectivity index is 1.90. The summed E-state index contributed by atoms with van der Waals surface area (Å²) in [4.78, 5) is 15.1. The van der Waals surface area contributed by atoms with E-state index in [1.165, 1.54) is 0 Å². The van der Waals surface area contributed by atoms with Gasteiger partial charge >= 0.3 is 0 Å². The first-order chi connectivity index (χ1) is 9.72. The number of amides is 1. The van der Waals surface area contributed by atoms with Crippen LogP contribution in [0.4, 0.5) is 0 Å². The van der Waals surface area contributed by atoms with Crippen molar-refractivity contribution in [3.63, 3.8) is 0 Å². The molecule has 0 saturated heterocycles. The molecule has 2 rings (SSSR count). The van der Waals surface area contributed by atoms with Gasteiger partial charge in [0.05, 0.1) is 12.6 Å². The Bertz CT molecular complexity index is 565. The third-order valence-electron chi connectivity index (χ3n) is 3.20. The van der Waals surface area contributed by atoms with Crippen LogP contribution in [-0.4, -0.2) is 36.7 Å². The summed E-state index contributed by atoms with van der Waals surface area (Å²) < 4.78 is 5.17. The zero-order valence-corrected chi connectivity index (χ0v) is 11.7. The number of carbonyl (C=O) groups excluding carboxylic acids is 1. The van der Waals surface area contributed by atoms with Crippen LogP contribution in [0.3, 0.4) is 0 Å². The molecule has 5 heteroatoms. The van der Waals surface area contributed by atoms with Crippen LogP contribution in [0.15, 0.2) is 30.5 Å². The molecular formula is C15H21N3O2. The fourth-order valence-electron chi connectivity index (χ4n) is 2.15. The molecule has 0 spiro atoms. The van der Waals surface area contributed by atoms with Crippen LogP contribution in [0, 0.1) is 0 Å². The first-order valence-corrected chi connectivity index (χ1v) is 6.88. The van der Waals surface area contributed by atoms with Crippen molar-refractivity contribution in [2.24, 2.45) is 5.73 Å². The summed E-state index contributed by atoms with van der Waals surface area (Å²) in [6.45, 7) is 3.58. The van der Waals surface area contributed by atoms with Crippen molar-refractivity contribution in [1.29, 1.82) is 0 Å². The Hall–Kier alpha value is -1.85. The van der Waals surface area contributed by atoms with Gasteiger partial charge in [-0.25, -0.2) is 0 Å². The quantitative estimate of drug-likeness (QED) is 0.664. The van der Waals surface area contributed by atoms with Gasteiger partial charge in [0.2, 0.25) is 5.91 Å². The second-order valence-corrected chi connectivity index (χ2v) is 4.66. The summed E-state index contributed by atoms with van der Waals surface area (Å²) in [5.74, 6) is -0.144. The molecule has 0 bridgehead atoms. The molecule has 4 N–H and O–H groups in total. The maximum Gasteiger partial charge on any atom is 0.237 e. The lowest BCUT2D eigenvalue weighted by Gasteiger charge is -2.11. The first kappa shape index (κ1) is 14.6. The fourth-order valence-corrected chi connectivity index (χ4v) is 2.15. The van der Waals surface area contributed by atoms with Crippen LogP contribution in [0.5, 0.6) is 0 Å². The van der Waals surface area contributed by atoms with E-state index in [9.17, 15) is 4.79 Å². The van der Waals surface area contributed by atoms with Crippen molar-refractivity contribution < 1.29 is 9.53 Å². The number of carbonyl (C=O) groups is 1. The highest BCUT2D eigenvalue weighted by Crippen LogP contribution is 2.18. The van der Waals surface area contributed by atoms with Gasteiger partial charge in [-0.1, -0.05) is 18.2 Å². The Morgan fingerprint density at radius 2 is 2.25 bits per heavy atom. The number of benzene rings is 1. The maximum absolute atomic E-state index is 11.9. The summed E-state index contributed by atoms with van der Waals surface area (Å²) in [6, 6.07) is 7.44. The SMILES string of the molecule is CCOCCNC(=O)[C@H](N)Cc1c[nH]c2ccccc12. The number of fused-ring (bicyclic) bond motifs is 1. The molecular weight excluding hydrogens is 254 g/mol. The predicted octanol–water partition coefficient (Wildman–Crippen LogP) is 1.19. The number of nitrogens with one attached hydrogen (secondary N) is 2. The number of H-pyrrole nitrogens is 1. The van der Waals surface area contributed by atoms with Crippen molar-refractivity contribution >= 4 is 16.8 Å². The Labute approximate surface area is 118 Å². The van der Waals surface area contributed by atoms with Gasteiger partial charge in [0.25, 0.3) is 0 Å². The van der Waals surface area contributed by atoms with E-state index in [4.69, 9.17) is 10.5 Å². The van der Waals surface area contributed by atoms with Crippen LogP contribution in [-0.2, 0) is 16.0 Å². The van der Waals surface area contributed by atoms with Crippen LogP contribution < -0.4 is 11.1 Å². The molecule has 0 radical (unpaired) electrons. The van der Waals surface area contributed by atoms with Gasteiger partial charge in [-0.05, 0) is 25.0 Å². The second-order valence-electron chi connectivity index (χ2n) is 4.66. The van der Waals surface area contributed by atoms with E-state index in [1.807, 2.05) is 37.4 Å². The fraction of sp³-hybridized carbons (Fsp3) is 0.400. The van der Waals surface area contributed by atoms with Gasteiger partial charge in [-0.15, -0.1) is 0 Å². The topological polar surface area (TPSA) is 80.1 Å². The highest BCUT2D eigenvalue weighted by Gasteiger charge is 2.15. The Morgan fingerprint density at radius 1 is 1.45 bits per heavy atom. The summed E-state index contributed by atoms with van der Waals surface area (Å²) in [5.41, 5.74) is 8.07. The highest BCUT2D eigenvalue weighted by atomic mass is 16.5. The lowest BCUT2D eigenvalue weighted by molar-refractivity contribution is -0.122. The molecule has 0 aliphatic rings. The van der Waals surface area contributed by atoms with E-state index in [0.29, 0.717) is 26.2 Å². The smallest absolute Gasteiger partial charge is 0.237 e. The average molecular weight is 275 g/mol. The molecule has 0 fully saturated rings. The van der Waals surface area contributed by atoms with Crippen LogP contribution in [0.1, 0.15) is 12.5 Å². The van der Waals surface area contributed by atoms with Gasteiger partial charge in [0, 0.05) is 30.3 Å². The molecule has 2 aromatic rings. The molecule has 5 nitrogen and oxygen atoms in total. The number of hydrogen-bond donors (Lipinski definition) is 3. The number of hydrogen-bond acceptors (Lipinski definition) is 3. The number of aromatic nitrogens is 1. The van der Waals surface area contributed by atoms with Crippen molar-refractivity contribution in [3.05, 3.63) is 36.0 Å².